The zero-order valence-corrected chi connectivity index (χ0v) is 77.3. The molecule has 0 atom stereocenters. The van der Waals surface area contributed by atoms with Gasteiger partial charge in [-0.15, -0.1) is 0 Å². The van der Waals surface area contributed by atoms with Crippen molar-refractivity contribution in [2.24, 2.45) is 0 Å². The summed E-state index contributed by atoms with van der Waals surface area (Å²) in [5.74, 6) is -2.86. The summed E-state index contributed by atoms with van der Waals surface area (Å²) in [7, 11) is -14.2. The highest BCUT2D eigenvalue weighted by Gasteiger charge is 2.32. The van der Waals surface area contributed by atoms with Gasteiger partial charge in [-0.2, -0.15) is 0 Å². The van der Waals surface area contributed by atoms with Crippen LogP contribution in [0.25, 0.3) is 77.9 Å². The second kappa shape index (κ2) is 40.8. The average molecular weight is 1940 g/mol. The Bertz CT molecular complexity index is 7300. The van der Waals surface area contributed by atoms with Gasteiger partial charge in [0.25, 0.3) is 63.7 Å². The van der Waals surface area contributed by atoms with Crippen LogP contribution in [0.15, 0.2) is 280 Å². The zero-order chi connectivity index (χ0) is 94.0. The number of nitrogens with zero attached hydrogens (tertiary/aromatic N) is 10. The quantitative estimate of drug-likeness (QED) is 0.0698. The summed E-state index contributed by atoms with van der Waals surface area (Å²) in [4.78, 5) is 78.6. The lowest BCUT2D eigenvalue weighted by atomic mass is 10.0. The second-order valence-corrected chi connectivity index (χ2v) is 39.5. The summed E-state index contributed by atoms with van der Waals surface area (Å²) < 4.78 is 123. The Morgan fingerprint density at radius 2 is 0.716 bits per heavy atom. The lowest BCUT2D eigenvalue weighted by Crippen LogP contribution is -2.41. The maximum absolute atomic E-state index is 13.0. The third-order valence-electron chi connectivity index (χ3n) is 21.9. The van der Waals surface area contributed by atoms with Crippen molar-refractivity contribution in [1.29, 1.82) is 0 Å². The highest BCUT2D eigenvalue weighted by Crippen LogP contribution is 2.37. The van der Waals surface area contributed by atoms with Crippen LogP contribution in [0.1, 0.15) is 58.1 Å². The number of amides is 4. The standard InChI is InChI=1S/C26H23N3O4S.C25H21ClN4O4S.C25H22N4O4S.C21H17Cl2N3O4S/c1-18-6-10-21(16-23(18)25-13-9-19-4-2-3-5-24(19)28-25)27-26(30)20-7-11-22(12-8-20)29-14-15-33-17-34(29,31)32;1-16-4-5-17(13-21(16)24-20-3-2-9-27-23(20)8-10-28-24)29-25(31)19-7-6-18(14-22(19)26)30-11-12-34-15-35(30,32)33;1-17-4-7-19(15-21(17)22-10-11-23-24(28-22)3-2-12-26-23)27-25(30)18-5-8-20(9-6-18)29-13-14-33-16-34(29,31)32;22-18-7-4-14(11-17(18)20-3-1-2-8-24-20)25-21(27)16-6-5-15(12-19(16)23)26-9-10-30-13-31(26,28)29/h2-13,16H,14-15,17H2,1H3,(H,27,30);2-10,13-14H,11-12,15H2,1H3,(H,29,31);2-12,15H,13-14,16H2,1H3,(H,27,30);1-8,11-12H,9-10,13H2,(H,25,27). The van der Waals surface area contributed by atoms with E-state index in [0.717, 1.165) is 83.3 Å². The maximum Gasteiger partial charge on any atom is 0.259 e. The van der Waals surface area contributed by atoms with Crippen molar-refractivity contribution in [3.63, 3.8) is 0 Å². The summed E-state index contributed by atoms with van der Waals surface area (Å²) in [6, 6.07) is 74.9. The lowest BCUT2D eigenvalue weighted by Gasteiger charge is -2.28. The minimum atomic E-state index is -3.58. The maximum atomic E-state index is 13.0. The van der Waals surface area contributed by atoms with Crippen LogP contribution in [0, 0.1) is 20.8 Å². The minimum absolute atomic E-state index is 0.135. The van der Waals surface area contributed by atoms with Gasteiger partial charge >= 0.3 is 0 Å². The number of nitrogens with one attached hydrogen (secondary N) is 4. The molecule has 0 radical (unpaired) electrons. The number of anilines is 8. The van der Waals surface area contributed by atoms with E-state index >= 15 is 0 Å². The molecule has 0 aliphatic carbocycles. The first kappa shape index (κ1) is 93.5. The number of rotatable bonds is 16. The van der Waals surface area contributed by atoms with Crippen LogP contribution in [0.3, 0.4) is 0 Å². The van der Waals surface area contributed by atoms with Crippen molar-refractivity contribution in [3.05, 3.63) is 334 Å². The topological polar surface area (TPSA) is 380 Å². The van der Waals surface area contributed by atoms with Gasteiger partial charge in [-0.1, -0.05) is 83.3 Å². The summed E-state index contributed by atoms with van der Waals surface area (Å²) in [6.45, 7) is 8.10. The third kappa shape index (κ3) is 21.8. The van der Waals surface area contributed by atoms with Gasteiger partial charge in [0.1, 0.15) is 0 Å². The molecule has 6 aromatic heterocycles. The number of sulfonamides is 4. The Morgan fingerprint density at radius 3 is 1.20 bits per heavy atom. The monoisotopic (exact) mass is 1930 g/mol. The molecule has 0 bridgehead atoms. The van der Waals surface area contributed by atoms with Crippen LogP contribution in [-0.4, -0.2) is 164 Å². The molecule has 4 N–H and O–H groups in total. The Balaban J connectivity index is 0.000000130. The lowest BCUT2D eigenvalue weighted by molar-refractivity contribution is 0.101. The van der Waals surface area contributed by atoms with Crippen LogP contribution in [-0.2, 0) is 59.0 Å². The molecule has 30 nitrogen and oxygen atoms in total. The van der Waals surface area contributed by atoms with Crippen LogP contribution in [0.2, 0.25) is 15.1 Å². The SMILES string of the molecule is Cc1ccc(NC(=O)c2ccc(N3CCOCS3(=O)=O)cc2)cc1-c1ccc2ccccc2n1.Cc1ccc(NC(=O)c2ccc(N3CCOCS3(=O)=O)cc2)cc1-c1ccc2ncccc2n1.Cc1ccc(NC(=O)c2ccc(N3CCOCS3(=O)=O)cc2Cl)cc1-c1nccc2ncccc12.O=C(Nc1ccc(Cl)c(-c2ccccn2)c1)c1ccc(N2CCOCS2(=O)=O)cc1Cl. The second-order valence-electron chi connectivity index (χ2n) is 30.9. The molecular formula is C97H83Cl3N14O16S4. The number of aryl methyl sites for hydroxylation is 3. The van der Waals surface area contributed by atoms with E-state index < -0.39 is 51.9 Å². The van der Waals surface area contributed by atoms with E-state index in [1.165, 1.54) is 41.5 Å². The first-order valence-corrected chi connectivity index (χ1v) is 49.3. The summed E-state index contributed by atoms with van der Waals surface area (Å²) in [6.07, 6.45) is 6.84. The first-order valence-electron chi connectivity index (χ1n) is 41.7. The molecule has 4 saturated heterocycles. The van der Waals surface area contributed by atoms with Crippen molar-refractivity contribution in [3.8, 4) is 45.0 Å². The Labute approximate surface area is 787 Å². The molecule has 4 aliphatic heterocycles. The normalized spacial score (nSPS) is 15.3. The van der Waals surface area contributed by atoms with Gasteiger partial charge in [-0.3, -0.25) is 56.3 Å². The zero-order valence-electron chi connectivity index (χ0n) is 71.8. The number of ether oxygens (including phenoxy) is 4. The fourth-order valence-corrected chi connectivity index (χ4v) is 20.8. The Morgan fingerprint density at radius 1 is 0.313 bits per heavy atom. The number of para-hydroxylation sites is 1. The number of pyridine rings is 6. The van der Waals surface area contributed by atoms with Crippen LogP contribution in [0.4, 0.5) is 45.5 Å². The molecule has 9 aromatic carbocycles. The molecular weight excluding hydrogens is 1850 g/mol. The fourth-order valence-electron chi connectivity index (χ4n) is 15.0. The molecule has 19 rings (SSSR count). The molecule has 15 aromatic rings. The predicted molar refractivity (Wildman–Crippen MR) is 522 cm³/mol. The number of benzene rings is 9. The number of hydrogen-bond acceptors (Lipinski definition) is 22. The molecule has 0 saturated carbocycles. The molecule has 0 spiro atoms. The molecule has 134 heavy (non-hydrogen) atoms. The van der Waals surface area contributed by atoms with Crippen LogP contribution >= 0.6 is 34.8 Å². The Kier molecular flexibility index (Phi) is 28.4. The van der Waals surface area contributed by atoms with Gasteiger partial charge in [-0.05, 0) is 244 Å². The largest absolute Gasteiger partial charge is 0.362 e. The Hall–Kier alpha value is -13.8. The van der Waals surface area contributed by atoms with Gasteiger partial charge in [0, 0.05) is 91.7 Å². The van der Waals surface area contributed by atoms with Crippen molar-refractivity contribution < 1.29 is 71.8 Å². The van der Waals surface area contributed by atoms with Crippen molar-refractivity contribution in [2.75, 3.05) is 115 Å². The summed E-state index contributed by atoms with van der Waals surface area (Å²) >= 11 is 19.0. The predicted octanol–water partition coefficient (Wildman–Crippen LogP) is 17.6. The van der Waals surface area contributed by atoms with E-state index in [1.54, 1.807) is 110 Å². The van der Waals surface area contributed by atoms with E-state index in [1.807, 2.05) is 166 Å². The highest BCUT2D eigenvalue weighted by molar-refractivity contribution is 7.93. The van der Waals surface area contributed by atoms with Gasteiger partial charge in [0.15, 0.2) is 23.8 Å². The third-order valence-corrected chi connectivity index (χ3v) is 28.9. The molecule has 4 amide bonds. The van der Waals surface area contributed by atoms with E-state index in [2.05, 4.69) is 41.2 Å². The molecule has 10 heterocycles. The van der Waals surface area contributed by atoms with E-state index in [9.17, 15) is 52.8 Å². The van der Waals surface area contributed by atoms with E-state index in [4.69, 9.17) is 63.7 Å². The molecule has 4 fully saturated rings. The number of aromatic nitrogens is 6. The van der Waals surface area contributed by atoms with Crippen molar-refractivity contribution in [2.45, 2.75) is 20.8 Å². The molecule has 4 aliphatic rings. The minimum Gasteiger partial charge on any atom is -0.362 e. The smallest absolute Gasteiger partial charge is 0.259 e. The number of fused-ring (bicyclic) bond motifs is 3. The fraction of sp³-hybridized carbons (Fsp3) is 0.155. The van der Waals surface area contributed by atoms with Crippen molar-refractivity contribution in [1.82, 2.24) is 29.9 Å². The average Bonchev–Trinajstić information content (AvgIpc) is 0.774. The number of hydrogen-bond donors (Lipinski definition) is 4. The number of carbonyl (C=O) groups is 4. The van der Waals surface area contributed by atoms with E-state index in [0.29, 0.717) is 86.1 Å². The van der Waals surface area contributed by atoms with Crippen LogP contribution in [0.5, 0.6) is 0 Å². The van der Waals surface area contributed by atoms with E-state index in [-0.39, 0.29) is 96.1 Å². The first-order chi connectivity index (χ1) is 64.5. The highest BCUT2D eigenvalue weighted by atomic mass is 35.5. The van der Waals surface area contributed by atoms with Crippen LogP contribution < -0.4 is 38.5 Å². The summed E-state index contributed by atoms with van der Waals surface area (Å²) in [5.41, 5.74) is 18.4. The number of halogens is 3. The molecule has 37 heteroatoms. The summed E-state index contributed by atoms with van der Waals surface area (Å²) in [5, 5.41) is 14.3. The number of carbonyl (C=O) groups excluding carboxylic acids is 4. The van der Waals surface area contributed by atoms with Gasteiger partial charge < -0.3 is 40.2 Å². The van der Waals surface area contributed by atoms with Gasteiger partial charge in [-0.25, -0.2) is 43.6 Å². The molecule has 682 valence electrons. The van der Waals surface area contributed by atoms with Gasteiger partial charge in [0.2, 0.25) is 0 Å². The van der Waals surface area contributed by atoms with Gasteiger partial charge in [0.05, 0.1) is 146 Å². The molecule has 0 unspecified atom stereocenters. The van der Waals surface area contributed by atoms with Crippen molar-refractivity contribution >= 4 is 177 Å².